The number of fused-ring (bicyclic) bond motifs is 2. The molecule has 1 fully saturated rings. The van der Waals surface area contributed by atoms with Crippen molar-refractivity contribution >= 4 is 41.1 Å². The number of hydrogen-bond donors (Lipinski definition) is 1. The number of amides is 1. The van der Waals surface area contributed by atoms with Crippen molar-refractivity contribution in [2.24, 2.45) is 0 Å². The SMILES string of the molecule is COC(=O)c1ccccc1NC(=O)c1oc2c(c1C)C1(CCC2)SCCS1. The molecule has 1 amide bonds. The van der Waals surface area contributed by atoms with Crippen LogP contribution in [0.15, 0.2) is 28.7 Å². The number of rotatable bonds is 3. The van der Waals surface area contributed by atoms with Crippen molar-refractivity contribution in [1.29, 1.82) is 0 Å². The van der Waals surface area contributed by atoms with Crippen LogP contribution in [0.2, 0.25) is 0 Å². The zero-order chi connectivity index (χ0) is 19.0. The molecule has 4 rings (SSSR count). The summed E-state index contributed by atoms with van der Waals surface area (Å²) in [5, 5.41) is 2.82. The van der Waals surface area contributed by atoms with Crippen molar-refractivity contribution in [3.05, 3.63) is 52.5 Å². The second kappa shape index (κ2) is 7.28. The van der Waals surface area contributed by atoms with Gasteiger partial charge in [0.1, 0.15) is 5.76 Å². The number of benzene rings is 1. The molecule has 2 heterocycles. The Bertz CT molecular complexity index is 899. The maximum absolute atomic E-state index is 12.9. The van der Waals surface area contributed by atoms with Gasteiger partial charge in [0.25, 0.3) is 5.91 Å². The van der Waals surface area contributed by atoms with Gasteiger partial charge >= 0.3 is 5.97 Å². The Labute approximate surface area is 166 Å². The third-order valence-corrected chi connectivity index (χ3v) is 8.58. The molecule has 1 spiro atoms. The Kier molecular flexibility index (Phi) is 4.99. The van der Waals surface area contributed by atoms with Crippen LogP contribution in [0, 0.1) is 6.92 Å². The zero-order valence-corrected chi connectivity index (χ0v) is 16.9. The monoisotopic (exact) mass is 403 g/mol. The van der Waals surface area contributed by atoms with Gasteiger partial charge in [-0.15, -0.1) is 23.5 Å². The van der Waals surface area contributed by atoms with Crippen LogP contribution in [0.5, 0.6) is 0 Å². The minimum absolute atomic E-state index is 0.0314. The molecule has 0 atom stereocenters. The highest BCUT2D eigenvalue weighted by Gasteiger charge is 2.45. The molecule has 1 saturated heterocycles. The van der Waals surface area contributed by atoms with Crippen molar-refractivity contribution in [3.63, 3.8) is 0 Å². The van der Waals surface area contributed by atoms with Gasteiger partial charge in [-0.05, 0) is 31.9 Å². The van der Waals surface area contributed by atoms with E-state index in [2.05, 4.69) is 5.32 Å². The van der Waals surface area contributed by atoms with Gasteiger partial charge in [-0.25, -0.2) is 4.79 Å². The molecular weight excluding hydrogens is 382 g/mol. The number of anilines is 1. The molecule has 7 heteroatoms. The summed E-state index contributed by atoms with van der Waals surface area (Å²) in [6.45, 7) is 1.97. The second-order valence-electron chi connectivity index (χ2n) is 6.65. The molecule has 1 aliphatic heterocycles. The smallest absolute Gasteiger partial charge is 0.339 e. The van der Waals surface area contributed by atoms with Gasteiger partial charge in [-0.3, -0.25) is 4.79 Å². The van der Waals surface area contributed by atoms with E-state index in [1.165, 1.54) is 12.7 Å². The van der Waals surface area contributed by atoms with E-state index in [0.717, 1.165) is 42.1 Å². The highest BCUT2D eigenvalue weighted by Crippen LogP contribution is 2.59. The number of methoxy groups -OCH3 is 1. The fraction of sp³-hybridized carbons (Fsp3) is 0.400. The number of hydrogen-bond acceptors (Lipinski definition) is 6. The first-order valence-electron chi connectivity index (χ1n) is 8.95. The van der Waals surface area contributed by atoms with Crippen LogP contribution < -0.4 is 5.32 Å². The number of nitrogens with one attached hydrogen (secondary N) is 1. The molecule has 0 saturated carbocycles. The molecule has 27 heavy (non-hydrogen) atoms. The van der Waals surface area contributed by atoms with E-state index >= 15 is 0 Å². The molecule has 2 aliphatic rings. The predicted octanol–water partition coefficient (Wildman–Crippen LogP) is 4.60. The van der Waals surface area contributed by atoms with E-state index in [4.69, 9.17) is 9.15 Å². The number of carbonyl (C=O) groups excluding carboxylic acids is 2. The van der Waals surface area contributed by atoms with Crippen molar-refractivity contribution < 1.29 is 18.7 Å². The van der Waals surface area contributed by atoms with E-state index in [1.807, 2.05) is 30.4 Å². The summed E-state index contributed by atoms with van der Waals surface area (Å²) >= 11 is 3.94. The number of ether oxygens (including phenoxy) is 1. The van der Waals surface area contributed by atoms with Gasteiger partial charge in [0, 0.05) is 29.1 Å². The van der Waals surface area contributed by atoms with E-state index < -0.39 is 5.97 Å². The summed E-state index contributed by atoms with van der Waals surface area (Å²) in [7, 11) is 1.32. The maximum atomic E-state index is 12.9. The number of esters is 1. The summed E-state index contributed by atoms with van der Waals surface area (Å²) < 4.78 is 10.9. The van der Waals surface area contributed by atoms with E-state index in [9.17, 15) is 9.59 Å². The summed E-state index contributed by atoms with van der Waals surface area (Å²) in [5.74, 6) is 2.72. The van der Waals surface area contributed by atoms with E-state index in [1.54, 1.807) is 24.3 Å². The topological polar surface area (TPSA) is 68.5 Å². The summed E-state index contributed by atoms with van der Waals surface area (Å²) in [6, 6.07) is 6.81. The number of thioether (sulfide) groups is 2. The molecule has 1 N–H and O–H groups in total. The Hall–Kier alpha value is -1.86. The Morgan fingerprint density at radius 3 is 2.70 bits per heavy atom. The van der Waals surface area contributed by atoms with Gasteiger partial charge in [0.2, 0.25) is 0 Å². The van der Waals surface area contributed by atoms with Crippen molar-refractivity contribution in [2.75, 3.05) is 23.9 Å². The van der Waals surface area contributed by atoms with Crippen LogP contribution in [-0.4, -0.2) is 30.5 Å². The van der Waals surface area contributed by atoms with Gasteiger partial charge in [-0.2, -0.15) is 0 Å². The van der Waals surface area contributed by atoms with Gasteiger partial charge in [0.05, 0.1) is 22.4 Å². The number of aryl methyl sites for hydroxylation is 1. The average Bonchev–Trinajstić information content (AvgIpc) is 3.27. The zero-order valence-electron chi connectivity index (χ0n) is 15.3. The minimum Gasteiger partial charge on any atom is -0.465 e. The van der Waals surface area contributed by atoms with Crippen molar-refractivity contribution in [1.82, 2.24) is 0 Å². The van der Waals surface area contributed by atoms with Gasteiger partial charge in [0.15, 0.2) is 5.76 Å². The normalized spacial score (nSPS) is 17.6. The summed E-state index contributed by atoms with van der Waals surface area (Å²) in [6.07, 6.45) is 3.05. The van der Waals surface area contributed by atoms with Gasteiger partial charge in [-0.1, -0.05) is 12.1 Å². The average molecular weight is 404 g/mol. The molecule has 0 unspecified atom stereocenters. The molecule has 1 aliphatic carbocycles. The van der Waals surface area contributed by atoms with Crippen LogP contribution in [0.25, 0.3) is 0 Å². The predicted molar refractivity (Wildman–Crippen MR) is 109 cm³/mol. The molecule has 0 radical (unpaired) electrons. The molecule has 5 nitrogen and oxygen atoms in total. The lowest BCUT2D eigenvalue weighted by Gasteiger charge is -2.31. The lowest BCUT2D eigenvalue weighted by molar-refractivity contribution is 0.0602. The Morgan fingerprint density at radius 1 is 1.22 bits per heavy atom. The lowest BCUT2D eigenvalue weighted by atomic mass is 9.94. The molecule has 0 bridgehead atoms. The molecule has 1 aromatic heterocycles. The number of furan rings is 1. The third-order valence-electron chi connectivity index (χ3n) is 5.05. The first-order valence-corrected chi connectivity index (χ1v) is 10.9. The first-order chi connectivity index (χ1) is 13.1. The maximum Gasteiger partial charge on any atom is 0.339 e. The van der Waals surface area contributed by atoms with E-state index in [-0.39, 0.29) is 9.99 Å². The molecule has 2 aromatic rings. The fourth-order valence-corrected chi connectivity index (χ4v) is 7.43. The van der Waals surface area contributed by atoms with Gasteiger partial charge < -0.3 is 14.5 Å². The van der Waals surface area contributed by atoms with Crippen molar-refractivity contribution in [2.45, 2.75) is 30.3 Å². The molecule has 1 aromatic carbocycles. The quantitative estimate of drug-likeness (QED) is 0.756. The van der Waals surface area contributed by atoms with Crippen LogP contribution in [0.3, 0.4) is 0 Å². The number of carbonyl (C=O) groups is 2. The van der Waals surface area contributed by atoms with Crippen molar-refractivity contribution in [3.8, 4) is 0 Å². The lowest BCUT2D eigenvalue weighted by Crippen LogP contribution is -2.21. The molecular formula is C20H21NO4S2. The van der Waals surface area contributed by atoms with Crippen LogP contribution in [0.4, 0.5) is 5.69 Å². The largest absolute Gasteiger partial charge is 0.465 e. The van der Waals surface area contributed by atoms with Crippen LogP contribution in [-0.2, 0) is 15.2 Å². The highest BCUT2D eigenvalue weighted by atomic mass is 32.2. The second-order valence-corrected chi connectivity index (χ2v) is 9.70. The highest BCUT2D eigenvalue weighted by molar-refractivity contribution is 8.20. The van der Waals surface area contributed by atoms with E-state index in [0.29, 0.717) is 17.0 Å². The van der Waals surface area contributed by atoms with Crippen LogP contribution >= 0.6 is 23.5 Å². The third kappa shape index (κ3) is 3.17. The molecule has 142 valence electrons. The Morgan fingerprint density at radius 2 is 1.96 bits per heavy atom. The summed E-state index contributed by atoms with van der Waals surface area (Å²) in [5.41, 5.74) is 2.86. The Balaban J connectivity index is 1.67. The summed E-state index contributed by atoms with van der Waals surface area (Å²) in [4.78, 5) is 24.9. The number of para-hydroxylation sites is 1. The van der Waals surface area contributed by atoms with Crippen LogP contribution in [0.1, 0.15) is 50.6 Å². The first kappa shape index (κ1) is 18.5. The standard InChI is InChI=1S/C20H21NO4S2/c1-12-16-15(8-5-9-20(16)26-10-11-27-20)25-17(12)18(22)21-14-7-4-3-6-13(14)19(23)24-2/h3-4,6-7H,5,8-11H2,1-2H3,(H,21,22). The fourth-order valence-electron chi connectivity index (χ4n) is 3.87. The minimum atomic E-state index is -0.487.